The molecule has 3 N–H and O–H groups in total. The molecular weight excluding hydrogens is 274 g/mol. The van der Waals surface area contributed by atoms with Crippen LogP contribution < -0.4 is 11.3 Å². The second-order valence-corrected chi connectivity index (χ2v) is 4.03. The lowest BCUT2D eigenvalue weighted by molar-refractivity contribution is -0.135. The molecule has 2 nitrogen and oxygen atoms in total. The third kappa shape index (κ3) is 4.71. The van der Waals surface area contributed by atoms with Crippen molar-refractivity contribution in [1.82, 2.24) is 5.43 Å². The summed E-state index contributed by atoms with van der Waals surface area (Å²) in [6.07, 6.45) is -5.69. The Labute approximate surface area is 105 Å². The highest BCUT2D eigenvalue weighted by Crippen LogP contribution is 2.27. The zero-order valence-corrected chi connectivity index (χ0v) is 9.70. The maximum absolute atomic E-state index is 13.0. The molecule has 0 spiro atoms. The summed E-state index contributed by atoms with van der Waals surface area (Å²) in [5.41, 5.74) is 2.11. The number of hydrogen-bond donors (Lipinski definition) is 2. The molecule has 0 heterocycles. The summed E-state index contributed by atoms with van der Waals surface area (Å²) in [6.45, 7) is 0. The van der Waals surface area contributed by atoms with Crippen molar-refractivity contribution in [1.29, 1.82) is 0 Å². The van der Waals surface area contributed by atoms with Gasteiger partial charge in [-0.3, -0.25) is 11.3 Å². The van der Waals surface area contributed by atoms with Crippen LogP contribution in [0.4, 0.5) is 26.3 Å². The summed E-state index contributed by atoms with van der Waals surface area (Å²) in [5, 5.41) is 0. The number of halogens is 6. The van der Waals surface area contributed by atoms with Crippen molar-refractivity contribution in [2.45, 2.75) is 31.5 Å². The van der Waals surface area contributed by atoms with Crippen molar-refractivity contribution in [3.63, 3.8) is 0 Å². The van der Waals surface area contributed by atoms with E-state index in [1.54, 1.807) is 0 Å². The molecule has 19 heavy (non-hydrogen) atoms. The Balaban J connectivity index is 2.75. The molecule has 0 bridgehead atoms. The first-order valence-corrected chi connectivity index (χ1v) is 5.42. The summed E-state index contributed by atoms with van der Waals surface area (Å²) >= 11 is 0. The van der Waals surface area contributed by atoms with Crippen LogP contribution in [0.25, 0.3) is 0 Å². The quantitative estimate of drug-likeness (QED) is 0.377. The first-order chi connectivity index (χ1) is 8.74. The van der Waals surface area contributed by atoms with E-state index in [1.165, 1.54) is 0 Å². The minimum atomic E-state index is -4.31. The Hall–Kier alpha value is -1.28. The largest absolute Gasteiger partial charge is 0.389 e. The molecule has 108 valence electrons. The Bertz CT molecular complexity index is 409. The molecule has 0 saturated heterocycles. The lowest BCUT2D eigenvalue weighted by atomic mass is 10.0. The van der Waals surface area contributed by atoms with Crippen LogP contribution in [0, 0.1) is 17.5 Å². The number of rotatable bonds is 5. The normalized spacial score (nSPS) is 13.6. The van der Waals surface area contributed by atoms with Gasteiger partial charge in [0.2, 0.25) is 0 Å². The predicted octanol–water partition coefficient (Wildman–Crippen LogP) is 3.34. The average molecular weight is 286 g/mol. The predicted molar refractivity (Wildman–Crippen MR) is 56.3 cm³/mol. The van der Waals surface area contributed by atoms with Gasteiger partial charge >= 0.3 is 6.18 Å². The number of alkyl halides is 3. The van der Waals surface area contributed by atoms with Crippen molar-refractivity contribution in [2.75, 3.05) is 0 Å². The van der Waals surface area contributed by atoms with E-state index >= 15 is 0 Å². The summed E-state index contributed by atoms with van der Waals surface area (Å²) in [5.74, 6) is 0.671. The molecule has 0 fully saturated rings. The molecule has 0 aliphatic rings. The van der Waals surface area contributed by atoms with Gasteiger partial charge in [-0.1, -0.05) is 0 Å². The topological polar surface area (TPSA) is 38.0 Å². The highest BCUT2D eigenvalue weighted by Gasteiger charge is 2.27. The highest BCUT2D eigenvalue weighted by atomic mass is 19.4. The fourth-order valence-electron chi connectivity index (χ4n) is 1.63. The van der Waals surface area contributed by atoms with Gasteiger partial charge < -0.3 is 0 Å². The smallest absolute Gasteiger partial charge is 0.271 e. The molecule has 8 heteroatoms. The van der Waals surface area contributed by atoms with Gasteiger partial charge in [0.25, 0.3) is 0 Å². The van der Waals surface area contributed by atoms with Gasteiger partial charge in [0, 0.05) is 12.5 Å². The molecule has 0 aromatic heterocycles. The molecular formula is C11H12F6N2. The van der Waals surface area contributed by atoms with Crippen LogP contribution in [0.15, 0.2) is 12.1 Å². The van der Waals surface area contributed by atoms with Gasteiger partial charge in [-0.25, -0.2) is 13.2 Å². The fourth-order valence-corrected chi connectivity index (χ4v) is 1.63. The van der Waals surface area contributed by atoms with E-state index in [0.29, 0.717) is 12.1 Å². The van der Waals surface area contributed by atoms with Crippen molar-refractivity contribution in [3.05, 3.63) is 35.1 Å². The Morgan fingerprint density at radius 3 is 2.05 bits per heavy atom. The van der Waals surface area contributed by atoms with Crippen LogP contribution in [0.5, 0.6) is 0 Å². The van der Waals surface area contributed by atoms with E-state index in [1.807, 2.05) is 0 Å². The number of hydrazine groups is 1. The Morgan fingerprint density at radius 1 is 1.11 bits per heavy atom. The maximum atomic E-state index is 13.0. The Kier molecular flexibility index (Phi) is 5.19. The molecule has 1 aromatic carbocycles. The summed E-state index contributed by atoms with van der Waals surface area (Å²) in [6, 6.07) is 0.527. The second-order valence-electron chi connectivity index (χ2n) is 4.03. The van der Waals surface area contributed by atoms with E-state index in [0.717, 1.165) is 0 Å². The summed E-state index contributed by atoms with van der Waals surface area (Å²) < 4.78 is 74.6. The van der Waals surface area contributed by atoms with Gasteiger partial charge in [-0.05, 0) is 30.5 Å². The van der Waals surface area contributed by atoms with Gasteiger partial charge in [0.15, 0.2) is 17.5 Å². The first-order valence-electron chi connectivity index (χ1n) is 5.42. The molecule has 0 aliphatic heterocycles. The number of nitrogens with two attached hydrogens (primary N) is 1. The monoisotopic (exact) mass is 286 g/mol. The van der Waals surface area contributed by atoms with Gasteiger partial charge in [-0.15, -0.1) is 0 Å². The molecule has 1 atom stereocenters. The maximum Gasteiger partial charge on any atom is 0.389 e. The number of hydrogen-bond acceptors (Lipinski definition) is 2. The fraction of sp³-hybridized carbons (Fsp3) is 0.455. The molecule has 1 rings (SSSR count). The summed E-state index contributed by atoms with van der Waals surface area (Å²) in [4.78, 5) is 0. The zero-order valence-electron chi connectivity index (χ0n) is 9.70. The van der Waals surface area contributed by atoms with E-state index < -0.39 is 36.1 Å². The second kappa shape index (κ2) is 6.25. The average Bonchev–Trinajstić information content (AvgIpc) is 2.29. The summed E-state index contributed by atoms with van der Waals surface area (Å²) in [7, 11) is 0. The van der Waals surface area contributed by atoms with Crippen molar-refractivity contribution >= 4 is 0 Å². The molecule has 0 amide bonds. The lowest BCUT2D eigenvalue weighted by Gasteiger charge is -2.17. The number of benzene rings is 1. The van der Waals surface area contributed by atoms with Crippen LogP contribution in [0.1, 0.15) is 30.9 Å². The third-order valence-electron chi connectivity index (χ3n) is 2.56. The highest BCUT2D eigenvalue weighted by molar-refractivity contribution is 5.22. The van der Waals surface area contributed by atoms with Crippen LogP contribution in [0.2, 0.25) is 0 Å². The third-order valence-corrected chi connectivity index (χ3v) is 2.56. The molecule has 0 aliphatic carbocycles. The standard InChI is InChI=1S/C11H12F6N2/c12-7-4-6(5-8(13)10(7)14)9(19-18)2-1-3-11(15,16)17/h4-5,9,19H,1-3,18H2. The minimum absolute atomic E-state index is 0.0407. The number of nitrogens with one attached hydrogen (secondary N) is 1. The van der Waals surface area contributed by atoms with E-state index in [2.05, 4.69) is 5.43 Å². The zero-order chi connectivity index (χ0) is 14.6. The van der Waals surface area contributed by atoms with Gasteiger partial charge in [0.05, 0.1) is 0 Å². The molecule has 0 saturated carbocycles. The van der Waals surface area contributed by atoms with Crippen molar-refractivity contribution in [3.8, 4) is 0 Å². The van der Waals surface area contributed by atoms with Gasteiger partial charge in [-0.2, -0.15) is 13.2 Å². The molecule has 1 aromatic rings. The van der Waals surface area contributed by atoms with Crippen LogP contribution in [-0.4, -0.2) is 6.18 Å². The van der Waals surface area contributed by atoms with E-state index in [9.17, 15) is 26.3 Å². The minimum Gasteiger partial charge on any atom is -0.271 e. The first kappa shape index (κ1) is 15.8. The van der Waals surface area contributed by atoms with Crippen LogP contribution >= 0.6 is 0 Å². The van der Waals surface area contributed by atoms with Crippen LogP contribution in [0.3, 0.4) is 0 Å². The van der Waals surface area contributed by atoms with Crippen molar-refractivity contribution < 1.29 is 26.3 Å². The van der Waals surface area contributed by atoms with E-state index in [4.69, 9.17) is 5.84 Å². The van der Waals surface area contributed by atoms with Crippen molar-refractivity contribution in [2.24, 2.45) is 5.84 Å². The lowest BCUT2D eigenvalue weighted by Crippen LogP contribution is -2.28. The molecule has 1 unspecified atom stereocenters. The van der Waals surface area contributed by atoms with E-state index in [-0.39, 0.29) is 18.4 Å². The molecule has 0 radical (unpaired) electrons. The Morgan fingerprint density at radius 2 is 1.63 bits per heavy atom. The SMILES string of the molecule is NNC(CCCC(F)(F)F)c1cc(F)c(F)c(F)c1. The van der Waals surface area contributed by atoms with Gasteiger partial charge in [0.1, 0.15) is 0 Å². The van der Waals surface area contributed by atoms with Crippen LogP contribution in [-0.2, 0) is 0 Å².